The van der Waals surface area contributed by atoms with Crippen molar-refractivity contribution in [2.75, 3.05) is 5.75 Å². The average Bonchev–Trinajstić information content (AvgIpc) is 2.90. The molecule has 4 aliphatic rings. The molecule has 1 heteroatoms. The summed E-state index contributed by atoms with van der Waals surface area (Å²) >= 11 is 2.23. The third kappa shape index (κ3) is 2.88. The first-order valence-corrected chi connectivity index (χ1v) is 12.0. The van der Waals surface area contributed by atoms with E-state index in [0.29, 0.717) is 10.8 Å². The molecule has 140 valence electrons. The van der Waals surface area contributed by atoms with E-state index >= 15 is 0 Å². The molecule has 3 fully saturated rings. The van der Waals surface area contributed by atoms with E-state index in [9.17, 15) is 0 Å². The van der Waals surface area contributed by atoms with E-state index in [4.69, 9.17) is 0 Å². The number of hydrogen-bond donors (Lipinski definition) is 0. The standard InChI is InChI=1S/C24H38S/c1-5-6-15-25-19-11-13-24(4)18(16-19)8-9-20-21-10-7-17(2)23(21,3)14-12-22(20)24/h16,19-22H,2,5-15H2,1,3-4H3/t19-,20?,21?,22?,23-,24+/m1/s1. The van der Waals surface area contributed by atoms with Crippen molar-refractivity contribution < 1.29 is 0 Å². The van der Waals surface area contributed by atoms with Crippen LogP contribution < -0.4 is 0 Å². The summed E-state index contributed by atoms with van der Waals surface area (Å²) in [6.45, 7) is 12.0. The maximum atomic E-state index is 4.48. The van der Waals surface area contributed by atoms with Crippen LogP contribution in [0.3, 0.4) is 0 Å². The molecule has 0 heterocycles. The van der Waals surface area contributed by atoms with Gasteiger partial charge in [0.2, 0.25) is 0 Å². The van der Waals surface area contributed by atoms with Crippen molar-refractivity contribution >= 4 is 11.8 Å². The molecular weight excluding hydrogens is 320 g/mol. The van der Waals surface area contributed by atoms with E-state index in [1.807, 2.05) is 5.57 Å². The van der Waals surface area contributed by atoms with Crippen molar-refractivity contribution in [2.45, 2.75) is 90.2 Å². The van der Waals surface area contributed by atoms with Crippen molar-refractivity contribution in [3.05, 3.63) is 23.8 Å². The van der Waals surface area contributed by atoms with Gasteiger partial charge in [-0.25, -0.2) is 0 Å². The second-order valence-electron chi connectivity index (χ2n) is 9.92. The highest BCUT2D eigenvalue weighted by Gasteiger charge is 2.57. The van der Waals surface area contributed by atoms with E-state index in [2.05, 4.69) is 45.2 Å². The van der Waals surface area contributed by atoms with Crippen LogP contribution in [0, 0.1) is 28.6 Å². The molecule has 0 radical (unpaired) electrons. The second-order valence-corrected chi connectivity index (χ2v) is 11.3. The maximum absolute atomic E-state index is 4.48. The van der Waals surface area contributed by atoms with Gasteiger partial charge in [0.1, 0.15) is 0 Å². The lowest BCUT2D eigenvalue weighted by atomic mass is 9.47. The van der Waals surface area contributed by atoms with Gasteiger partial charge in [-0.05, 0) is 92.1 Å². The molecule has 0 bridgehead atoms. The van der Waals surface area contributed by atoms with E-state index in [1.54, 1.807) is 5.57 Å². The normalized spacial score (nSPS) is 46.2. The second kappa shape index (κ2) is 6.77. The van der Waals surface area contributed by atoms with Crippen LogP contribution in [-0.2, 0) is 0 Å². The molecule has 0 aromatic carbocycles. The van der Waals surface area contributed by atoms with Gasteiger partial charge in [0.25, 0.3) is 0 Å². The van der Waals surface area contributed by atoms with Crippen LogP contribution in [0.1, 0.15) is 85.0 Å². The average molecular weight is 359 g/mol. The molecule has 0 aliphatic heterocycles. The molecule has 0 amide bonds. The molecular formula is C24H38S. The number of hydrogen-bond acceptors (Lipinski definition) is 1. The summed E-state index contributed by atoms with van der Waals surface area (Å²) in [6, 6.07) is 0. The number of unbranched alkanes of at least 4 members (excludes halogenated alkanes) is 1. The molecule has 0 spiro atoms. The highest BCUT2D eigenvalue weighted by molar-refractivity contribution is 8.00. The molecule has 25 heavy (non-hydrogen) atoms. The van der Waals surface area contributed by atoms with E-state index < -0.39 is 0 Å². The van der Waals surface area contributed by atoms with Gasteiger partial charge in [-0.3, -0.25) is 0 Å². The zero-order valence-electron chi connectivity index (χ0n) is 16.8. The predicted octanol–water partition coefficient (Wildman–Crippen LogP) is 7.41. The molecule has 4 aliphatic carbocycles. The lowest BCUT2D eigenvalue weighted by Crippen LogP contribution is -2.49. The van der Waals surface area contributed by atoms with E-state index in [1.165, 1.54) is 70.0 Å². The number of allylic oxidation sites excluding steroid dienone is 2. The van der Waals surface area contributed by atoms with E-state index in [0.717, 1.165) is 23.0 Å². The molecule has 6 atom stereocenters. The lowest BCUT2D eigenvalue weighted by Gasteiger charge is -2.58. The first-order valence-electron chi connectivity index (χ1n) is 11.0. The van der Waals surface area contributed by atoms with Crippen LogP contribution in [0.2, 0.25) is 0 Å². The Balaban J connectivity index is 1.53. The zero-order valence-corrected chi connectivity index (χ0v) is 17.6. The topological polar surface area (TPSA) is 0 Å². The highest BCUT2D eigenvalue weighted by atomic mass is 32.2. The third-order valence-electron chi connectivity index (χ3n) is 8.86. The van der Waals surface area contributed by atoms with E-state index in [-0.39, 0.29) is 0 Å². The van der Waals surface area contributed by atoms with Crippen molar-refractivity contribution in [3.63, 3.8) is 0 Å². The first-order chi connectivity index (χ1) is 12.0. The smallest absolute Gasteiger partial charge is 0.0230 e. The third-order valence-corrected chi connectivity index (χ3v) is 10.2. The van der Waals surface area contributed by atoms with Gasteiger partial charge in [0.15, 0.2) is 0 Å². The fourth-order valence-electron chi connectivity index (χ4n) is 7.11. The summed E-state index contributed by atoms with van der Waals surface area (Å²) in [6.07, 6.45) is 16.8. The minimum atomic E-state index is 0.478. The van der Waals surface area contributed by atoms with Gasteiger partial charge in [0, 0.05) is 5.25 Å². The molecule has 0 aromatic heterocycles. The Morgan fingerprint density at radius 1 is 1.04 bits per heavy atom. The van der Waals surface area contributed by atoms with Gasteiger partial charge >= 0.3 is 0 Å². The van der Waals surface area contributed by atoms with Gasteiger partial charge in [0.05, 0.1) is 0 Å². The zero-order chi connectivity index (χ0) is 17.7. The summed E-state index contributed by atoms with van der Waals surface area (Å²) in [5, 5.41) is 0.811. The van der Waals surface area contributed by atoms with Gasteiger partial charge in [-0.1, -0.05) is 51.0 Å². The Kier molecular flexibility index (Phi) is 4.93. The predicted molar refractivity (Wildman–Crippen MR) is 112 cm³/mol. The summed E-state index contributed by atoms with van der Waals surface area (Å²) < 4.78 is 0. The maximum Gasteiger partial charge on any atom is 0.0230 e. The van der Waals surface area contributed by atoms with Crippen molar-refractivity contribution in [2.24, 2.45) is 28.6 Å². The summed E-state index contributed by atoms with van der Waals surface area (Å²) in [7, 11) is 0. The first kappa shape index (κ1) is 18.2. The Hall–Kier alpha value is -0.170. The quantitative estimate of drug-likeness (QED) is 0.372. The Morgan fingerprint density at radius 3 is 2.60 bits per heavy atom. The Morgan fingerprint density at radius 2 is 1.80 bits per heavy atom. The van der Waals surface area contributed by atoms with Crippen LogP contribution in [-0.4, -0.2) is 11.0 Å². The summed E-state index contributed by atoms with van der Waals surface area (Å²) in [5.74, 6) is 4.23. The van der Waals surface area contributed by atoms with Gasteiger partial charge < -0.3 is 0 Å². The highest BCUT2D eigenvalue weighted by Crippen LogP contribution is 2.66. The molecule has 0 saturated heterocycles. The van der Waals surface area contributed by atoms with Crippen LogP contribution in [0.25, 0.3) is 0 Å². The Bertz CT molecular complexity index is 560. The molecule has 3 unspecified atom stereocenters. The molecule has 4 rings (SSSR count). The fraction of sp³-hybridized carbons (Fsp3) is 0.833. The fourth-order valence-corrected chi connectivity index (χ4v) is 8.42. The lowest BCUT2D eigenvalue weighted by molar-refractivity contribution is -0.0251. The minimum absolute atomic E-state index is 0.478. The van der Waals surface area contributed by atoms with Crippen molar-refractivity contribution in [1.29, 1.82) is 0 Å². The van der Waals surface area contributed by atoms with Crippen LogP contribution in [0.5, 0.6) is 0 Å². The van der Waals surface area contributed by atoms with Gasteiger partial charge in [-0.2, -0.15) is 11.8 Å². The molecule has 0 nitrogen and oxygen atoms in total. The summed E-state index contributed by atoms with van der Waals surface area (Å²) in [4.78, 5) is 0. The van der Waals surface area contributed by atoms with Crippen molar-refractivity contribution in [1.82, 2.24) is 0 Å². The monoisotopic (exact) mass is 358 g/mol. The minimum Gasteiger partial charge on any atom is -0.154 e. The number of thioether (sulfide) groups is 1. The largest absolute Gasteiger partial charge is 0.154 e. The molecule has 0 aromatic rings. The number of rotatable bonds is 4. The van der Waals surface area contributed by atoms with Crippen LogP contribution in [0.15, 0.2) is 23.8 Å². The van der Waals surface area contributed by atoms with Crippen LogP contribution in [0.4, 0.5) is 0 Å². The summed E-state index contributed by atoms with van der Waals surface area (Å²) in [5.41, 5.74) is 4.44. The Labute approximate surface area is 160 Å². The van der Waals surface area contributed by atoms with Crippen LogP contribution >= 0.6 is 11.8 Å². The number of fused-ring (bicyclic) bond motifs is 5. The van der Waals surface area contributed by atoms with Crippen molar-refractivity contribution in [3.8, 4) is 0 Å². The molecule has 0 N–H and O–H groups in total. The SMILES string of the molecule is C=C1CCC2C3CCC4=C[C@H](SCCCC)CC[C@]4(C)C3CC[C@]12C. The molecule has 3 saturated carbocycles. The van der Waals surface area contributed by atoms with Gasteiger partial charge in [-0.15, -0.1) is 0 Å².